The molecular formula is C13H15ClN2OS2. The van der Waals surface area contributed by atoms with E-state index in [1.165, 1.54) is 24.6 Å². The zero-order chi connectivity index (χ0) is 13.7. The number of likely N-dealkylation sites (tertiary alicyclic amines) is 1. The number of benzene rings is 1. The fraction of sp³-hybridized carbons (Fsp3) is 0.385. The number of para-hydroxylation sites is 1. The molecule has 0 saturated carbocycles. The molecule has 1 aliphatic rings. The summed E-state index contributed by atoms with van der Waals surface area (Å²) < 4.78 is 0.812. The summed E-state index contributed by atoms with van der Waals surface area (Å²) >= 11 is 12.7. The lowest BCUT2D eigenvalue weighted by molar-refractivity contribution is -0.113. The number of hydrogen-bond acceptors (Lipinski definition) is 3. The summed E-state index contributed by atoms with van der Waals surface area (Å²) in [6.07, 6.45) is 2.37. The number of carbonyl (C=O) groups excluding carboxylic acids is 1. The predicted molar refractivity (Wildman–Crippen MR) is 85.9 cm³/mol. The first-order valence-corrected chi connectivity index (χ1v) is 7.90. The molecule has 0 atom stereocenters. The Morgan fingerprint density at radius 1 is 1.37 bits per heavy atom. The Morgan fingerprint density at radius 2 is 2.05 bits per heavy atom. The first-order chi connectivity index (χ1) is 9.16. The lowest BCUT2D eigenvalue weighted by Crippen LogP contribution is -2.25. The smallest absolute Gasteiger partial charge is 0.234 e. The number of thioether (sulfide) groups is 1. The Morgan fingerprint density at radius 3 is 2.74 bits per heavy atom. The molecule has 0 bridgehead atoms. The summed E-state index contributed by atoms with van der Waals surface area (Å²) in [5, 5.41) is 3.33. The topological polar surface area (TPSA) is 32.3 Å². The van der Waals surface area contributed by atoms with Crippen LogP contribution in [0.25, 0.3) is 0 Å². The first-order valence-electron chi connectivity index (χ1n) is 6.13. The minimum absolute atomic E-state index is 0.0837. The van der Waals surface area contributed by atoms with Gasteiger partial charge in [0.1, 0.15) is 4.32 Å². The van der Waals surface area contributed by atoms with Crippen LogP contribution in [0.1, 0.15) is 12.8 Å². The maximum atomic E-state index is 11.8. The van der Waals surface area contributed by atoms with Gasteiger partial charge in [-0.1, -0.05) is 47.7 Å². The van der Waals surface area contributed by atoms with Crippen molar-refractivity contribution >= 4 is 51.5 Å². The standard InChI is InChI=1S/C13H15ClN2OS2/c14-10-5-1-2-6-11(10)15-12(17)9-19-13(18)16-7-3-4-8-16/h1-2,5-6H,3-4,7-9H2,(H,15,17). The molecule has 0 radical (unpaired) electrons. The van der Waals surface area contributed by atoms with Gasteiger partial charge in [-0.25, -0.2) is 0 Å². The number of hydrogen-bond donors (Lipinski definition) is 1. The lowest BCUT2D eigenvalue weighted by Gasteiger charge is -2.17. The highest BCUT2D eigenvalue weighted by Crippen LogP contribution is 2.21. The van der Waals surface area contributed by atoms with Crippen LogP contribution < -0.4 is 5.32 Å². The van der Waals surface area contributed by atoms with Crippen molar-refractivity contribution in [3.63, 3.8) is 0 Å². The summed E-state index contributed by atoms with van der Waals surface area (Å²) in [6.45, 7) is 2.02. The second-order valence-corrected chi connectivity index (χ2v) is 6.29. The van der Waals surface area contributed by atoms with E-state index in [0.717, 1.165) is 17.4 Å². The number of carbonyl (C=O) groups is 1. The molecule has 0 aliphatic carbocycles. The van der Waals surface area contributed by atoms with Crippen molar-refractivity contribution in [1.82, 2.24) is 4.90 Å². The van der Waals surface area contributed by atoms with Gasteiger partial charge < -0.3 is 10.2 Å². The molecule has 2 rings (SSSR count). The summed E-state index contributed by atoms with van der Waals surface area (Å²) in [4.78, 5) is 14.0. The van der Waals surface area contributed by atoms with E-state index in [0.29, 0.717) is 16.5 Å². The number of rotatable bonds is 3. The van der Waals surface area contributed by atoms with Crippen molar-refractivity contribution in [3.05, 3.63) is 29.3 Å². The van der Waals surface area contributed by atoms with Gasteiger partial charge in [-0.15, -0.1) is 0 Å². The monoisotopic (exact) mass is 314 g/mol. The number of nitrogens with one attached hydrogen (secondary N) is 1. The predicted octanol–water partition coefficient (Wildman–Crippen LogP) is 3.39. The molecule has 1 amide bonds. The van der Waals surface area contributed by atoms with Gasteiger partial charge >= 0.3 is 0 Å². The molecule has 6 heteroatoms. The maximum Gasteiger partial charge on any atom is 0.234 e. The molecule has 1 N–H and O–H groups in total. The second kappa shape index (κ2) is 7.12. The van der Waals surface area contributed by atoms with Crippen molar-refractivity contribution in [2.45, 2.75) is 12.8 Å². The third kappa shape index (κ3) is 4.37. The van der Waals surface area contributed by atoms with Gasteiger partial charge in [0.2, 0.25) is 5.91 Å². The Labute approximate surface area is 127 Å². The Kier molecular flexibility index (Phi) is 5.48. The molecule has 102 valence electrons. The average molecular weight is 315 g/mol. The van der Waals surface area contributed by atoms with E-state index in [1.807, 2.05) is 12.1 Å². The van der Waals surface area contributed by atoms with Crippen LogP contribution >= 0.6 is 35.6 Å². The first kappa shape index (κ1) is 14.6. The molecule has 1 saturated heterocycles. The third-order valence-corrected chi connectivity index (χ3v) is 4.69. The van der Waals surface area contributed by atoms with Crippen LogP contribution in [0.2, 0.25) is 5.02 Å². The quantitative estimate of drug-likeness (QED) is 0.867. The van der Waals surface area contributed by atoms with Gasteiger partial charge in [0.25, 0.3) is 0 Å². The molecule has 1 aromatic rings. The van der Waals surface area contributed by atoms with E-state index in [9.17, 15) is 4.79 Å². The van der Waals surface area contributed by atoms with Gasteiger partial charge in [0.05, 0.1) is 16.5 Å². The molecule has 0 aromatic heterocycles. The van der Waals surface area contributed by atoms with Crippen LogP contribution in [-0.2, 0) is 4.79 Å². The Bertz CT molecular complexity index is 475. The molecule has 1 fully saturated rings. The third-order valence-electron chi connectivity index (χ3n) is 2.84. The van der Waals surface area contributed by atoms with Gasteiger partial charge in [-0.3, -0.25) is 4.79 Å². The second-order valence-electron chi connectivity index (χ2n) is 4.28. The Balaban J connectivity index is 1.78. The fourth-order valence-corrected chi connectivity index (χ4v) is 3.10. The van der Waals surface area contributed by atoms with Gasteiger partial charge in [-0.2, -0.15) is 0 Å². The summed E-state index contributed by atoms with van der Waals surface area (Å²) in [6, 6.07) is 7.20. The molecular weight excluding hydrogens is 300 g/mol. The SMILES string of the molecule is O=C(CSC(=S)N1CCCC1)Nc1ccccc1Cl. The minimum Gasteiger partial charge on any atom is -0.358 e. The number of amides is 1. The number of halogens is 1. The van der Waals surface area contributed by atoms with Gasteiger partial charge in [0, 0.05) is 13.1 Å². The number of nitrogens with zero attached hydrogens (tertiary/aromatic N) is 1. The molecule has 19 heavy (non-hydrogen) atoms. The van der Waals surface area contributed by atoms with E-state index >= 15 is 0 Å². The molecule has 0 spiro atoms. The van der Waals surface area contributed by atoms with Crippen molar-refractivity contribution < 1.29 is 4.79 Å². The van der Waals surface area contributed by atoms with Crippen LogP contribution in [0.15, 0.2) is 24.3 Å². The zero-order valence-electron chi connectivity index (χ0n) is 10.4. The zero-order valence-corrected chi connectivity index (χ0v) is 12.8. The lowest BCUT2D eigenvalue weighted by atomic mass is 10.3. The normalized spacial score (nSPS) is 14.5. The Hall–Kier alpha value is -0.780. The van der Waals surface area contributed by atoms with E-state index in [1.54, 1.807) is 12.1 Å². The average Bonchev–Trinajstić information content (AvgIpc) is 2.93. The largest absolute Gasteiger partial charge is 0.358 e. The molecule has 3 nitrogen and oxygen atoms in total. The van der Waals surface area contributed by atoms with Gasteiger partial charge in [0.15, 0.2) is 0 Å². The summed E-state index contributed by atoms with van der Waals surface area (Å²) in [5.74, 6) is 0.236. The highest BCUT2D eigenvalue weighted by molar-refractivity contribution is 8.23. The van der Waals surface area contributed by atoms with E-state index in [2.05, 4.69) is 10.2 Å². The molecule has 1 aliphatic heterocycles. The van der Waals surface area contributed by atoms with Gasteiger partial charge in [-0.05, 0) is 25.0 Å². The fourth-order valence-electron chi connectivity index (χ4n) is 1.87. The van der Waals surface area contributed by atoms with E-state index in [4.69, 9.17) is 23.8 Å². The molecule has 0 unspecified atom stereocenters. The highest BCUT2D eigenvalue weighted by atomic mass is 35.5. The number of thiocarbonyl (C=S) groups is 1. The van der Waals surface area contributed by atoms with Crippen molar-refractivity contribution in [3.8, 4) is 0 Å². The molecule has 1 aromatic carbocycles. The summed E-state index contributed by atoms with van der Waals surface area (Å²) in [7, 11) is 0. The van der Waals surface area contributed by atoms with Crippen molar-refractivity contribution in [2.75, 3.05) is 24.2 Å². The minimum atomic E-state index is -0.0837. The van der Waals surface area contributed by atoms with Crippen LogP contribution in [0, 0.1) is 0 Å². The van der Waals surface area contributed by atoms with Crippen LogP contribution in [0.3, 0.4) is 0 Å². The van der Waals surface area contributed by atoms with Crippen LogP contribution in [0.4, 0.5) is 5.69 Å². The van der Waals surface area contributed by atoms with E-state index < -0.39 is 0 Å². The van der Waals surface area contributed by atoms with Crippen molar-refractivity contribution in [2.24, 2.45) is 0 Å². The summed E-state index contributed by atoms with van der Waals surface area (Å²) in [5.41, 5.74) is 0.641. The number of anilines is 1. The highest BCUT2D eigenvalue weighted by Gasteiger charge is 2.16. The van der Waals surface area contributed by atoms with Crippen molar-refractivity contribution in [1.29, 1.82) is 0 Å². The van der Waals surface area contributed by atoms with E-state index in [-0.39, 0.29) is 5.91 Å². The maximum absolute atomic E-state index is 11.8. The molecule has 1 heterocycles. The van der Waals surface area contributed by atoms with Crippen LogP contribution in [-0.4, -0.2) is 34.0 Å². The van der Waals surface area contributed by atoms with Crippen LogP contribution in [0.5, 0.6) is 0 Å².